The second kappa shape index (κ2) is 11.9. The Balaban J connectivity index is 1.27. The lowest BCUT2D eigenvalue weighted by molar-refractivity contribution is 0.0323. The number of rotatable bonds is 8. The first-order valence-corrected chi connectivity index (χ1v) is 13.3. The third kappa shape index (κ3) is 6.59. The Morgan fingerprint density at radius 1 is 1.03 bits per heavy atom. The number of anilines is 1. The van der Waals surface area contributed by atoms with Crippen molar-refractivity contribution in [3.63, 3.8) is 0 Å². The van der Waals surface area contributed by atoms with Crippen molar-refractivity contribution >= 4 is 22.4 Å². The predicted molar refractivity (Wildman–Crippen MR) is 143 cm³/mol. The summed E-state index contributed by atoms with van der Waals surface area (Å²) in [4.78, 5) is 15.5. The molecule has 1 N–H and O–H groups in total. The molecule has 5 rings (SSSR count). The molecule has 0 unspecified atom stereocenters. The van der Waals surface area contributed by atoms with Gasteiger partial charge in [-0.1, -0.05) is 31.2 Å². The molecule has 1 aliphatic heterocycles. The molecule has 1 saturated heterocycles. The molecule has 1 aliphatic carbocycles. The number of ether oxygens (including phenoxy) is 3. The van der Waals surface area contributed by atoms with E-state index in [-0.39, 0.29) is 17.6 Å². The molecule has 2 fully saturated rings. The van der Waals surface area contributed by atoms with Gasteiger partial charge in [0.15, 0.2) is 0 Å². The van der Waals surface area contributed by atoms with E-state index in [4.69, 9.17) is 14.2 Å². The lowest BCUT2D eigenvalue weighted by Crippen LogP contribution is -2.38. The van der Waals surface area contributed by atoms with Crippen LogP contribution in [0.1, 0.15) is 43.0 Å². The fourth-order valence-electron chi connectivity index (χ4n) is 5.11. The van der Waals surface area contributed by atoms with Gasteiger partial charge in [0, 0.05) is 47.7 Å². The molecule has 0 bridgehead atoms. The minimum atomic E-state index is -0.485. The van der Waals surface area contributed by atoms with Gasteiger partial charge in [0.1, 0.15) is 23.9 Å². The monoisotopic (exact) mass is 506 g/mol. The Morgan fingerprint density at radius 3 is 2.57 bits per heavy atom. The number of fused-ring (bicyclic) bond motifs is 1. The molecule has 7 heteroatoms. The quantitative estimate of drug-likeness (QED) is 0.412. The van der Waals surface area contributed by atoms with Crippen LogP contribution in [-0.2, 0) is 4.74 Å². The van der Waals surface area contributed by atoms with E-state index in [9.17, 15) is 9.18 Å². The van der Waals surface area contributed by atoms with Gasteiger partial charge in [-0.05, 0) is 55.9 Å². The van der Waals surface area contributed by atoms with Crippen LogP contribution in [0, 0.1) is 11.7 Å². The van der Waals surface area contributed by atoms with E-state index in [2.05, 4.69) is 17.1 Å². The van der Waals surface area contributed by atoms with E-state index >= 15 is 0 Å². The summed E-state index contributed by atoms with van der Waals surface area (Å²) in [7, 11) is 0. The summed E-state index contributed by atoms with van der Waals surface area (Å²) in [5.41, 5.74) is 0.878. The minimum Gasteiger partial charge on any atom is -0.492 e. The standard InChI is InChI=1S/C30H35FN2O4/c1-21-6-8-24(9-7-21)37-25-19-22(18-23(31)20-25)30(34)32-28-10-11-29(27-5-3-2-4-26(27)28)36-17-14-33-12-15-35-16-13-33/h2-5,10-11,18-21,24H,6-9,12-17H2,1H3,(H,32,34). The maximum atomic E-state index is 14.4. The largest absolute Gasteiger partial charge is 0.492 e. The molecule has 0 spiro atoms. The van der Waals surface area contributed by atoms with Gasteiger partial charge in [-0.3, -0.25) is 9.69 Å². The topological polar surface area (TPSA) is 60.0 Å². The van der Waals surface area contributed by atoms with Crippen LogP contribution in [-0.4, -0.2) is 56.4 Å². The molecule has 37 heavy (non-hydrogen) atoms. The summed E-state index contributed by atoms with van der Waals surface area (Å²) in [6.45, 7) is 7.01. The highest BCUT2D eigenvalue weighted by Gasteiger charge is 2.21. The average Bonchev–Trinajstić information content (AvgIpc) is 2.91. The Kier molecular flexibility index (Phi) is 8.21. The Bertz CT molecular complexity index is 1220. The number of nitrogens with zero attached hydrogens (tertiary/aromatic N) is 1. The number of benzene rings is 3. The van der Waals surface area contributed by atoms with Crippen LogP contribution in [0.15, 0.2) is 54.6 Å². The molecule has 6 nitrogen and oxygen atoms in total. The number of amides is 1. The molecule has 0 atom stereocenters. The van der Waals surface area contributed by atoms with E-state index in [0.717, 1.165) is 75.1 Å². The van der Waals surface area contributed by atoms with Crippen LogP contribution in [0.25, 0.3) is 10.8 Å². The molecule has 196 valence electrons. The molecule has 2 aliphatic rings. The first-order valence-electron chi connectivity index (χ1n) is 13.3. The highest BCUT2D eigenvalue weighted by atomic mass is 19.1. The smallest absolute Gasteiger partial charge is 0.255 e. The van der Waals surface area contributed by atoms with Gasteiger partial charge in [0.05, 0.1) is 19.3 Å². The van der Waals surface area contributed by atoms with Gasteiger partial charge in [0.25, 0.3) is 5.91 Å². The van der Waals surface area contributed by atoms with Gasteiger partial charge >= 0.3 is 0 Å². The van der Waals surface area contributed by atoms with Crippen molar-refractivity contribution in [1.29, 1.82) is 0 Å². The van der Waals surface area contributed by atoms with Crippen molar-refractivity contribution in [3.8, 4) is 11.5 Å². The van der Waals surface area contributed by atoms with Crippen molar-refractivity contribution in [1.82, 2.24) is 4.90 Å². The number of hydrogen-bond donors (Lipinski definition) is 1. The molecular weight excluding hydrogens is 471 g/mol. The molecule has 1 amide bonds. The minimum absolute atomic E-state index is 0.0636. The lowest BCUT2D eigenvalue weighted by atomic mass is 9.89. The average molecular weight is 507 g/mol. The van der Waals surface area contributed by atoms with Crippen LogP contribution in [0.4, 0.5) is 10.1 Å². The second-order valence-corrected chi connectivity index (χ2v) is 10.1. The number of carbonyl (C=O) groups is 1. The summed E-state index contributed by atoms with van der Waals surface area (Å²) in [5.74, 6) is 1.00. The Labute approximate surface area is 217 Å². The third-order valence-electron chi connectivity index (χ3n) is 7.30. The van der Waals surface area contributed by atoms with Crippen LogP contribution in [0.3, 0.4) is 0 Å². The van der Waals surface area contributed by atoms with Crippen LogP contribution in [0.2, 0.25) is 0 Å². The van der Waals surface area contributed by atoms with E-state index < -0.39 is 5.82 Å². The predicted octanol–water partition coefficient (Wildman–Crippen LogP) is 5.90. The van der Waals surface area contributed by atoms with Crippen molar-refractivity contribution in [2.45, 2.75) is 38.7 Å². The Morgan fingerprint density at radius 2 is 1.78 bits per heavy atom. The molecule has 3 aromatic carbocycles. The van der Waals surface area contributed by atoms with Crippen molar-refractivity contribution in [3.05, 3.63) is 66.0 Å². The highest BCUT2D eigenvalue weighted by molar-refractivity contribution is 6.10. The number of hydrogen-bond acceptors (Lipinski definition) is 5. The SMILES string of the molecule is CC1CCC(Oc2cc(F)cc(C(=O)Nc3ccc(OCCN4CCOCC4)c4ccccc34)c2)CC1. The van der Waals surface area contributed by atoms with E-state index in [1.165, 1.54) is 12.1 Å². The van der Waals surface area contributed by atoms with Gasteiger partial charge in [-0.25, -0.2) is 4.39 Å². The first-order chi connectivity index (χ1) is 18.0. The van der Waals surface area contributed by atoms with Gasteiger partial charge in [0.2, 0.25) is 0 Å². The maximum Gasteiger partial charge on any atom is 0.255 e. The van der Waals surface area contributed by atoms with Crippen LogP contribution >= 0.6 is 0 Å². The number of morpholine rings is 1. The van der Waals surface area contributed by atoms with Gasteiger partial charge in [-0.2, -0.15) is 0 Å². The second-order valence-electron chi connectivity index (χ2n) is 10.1. The first kappa shape index (κ1) is 25.5. The lowest BCUT2D eigenvalue weighted by Gasteiger charge is -2.27. The number of halogens is 1. The van der Waals surface area contributed by atoms with E-state index in [1.807, 2.05) is 36.4 Å². The number of carbonyl (C=O) groups excluding carboxylic acids is 1. The maximum absolute atomic E-state index is 14.4. The fraction of sp³-hybridized carbons (Fsp3) is 0.433. The van der Waals surface area contributed by atoms with Gasteiger partial charge < -0.3 is 19.5 Å². The molecule has 0 aromatic heterocycles. The zero-order valence-corrected chi connectivity index (χ0v) is 21.4. The van der Waals surface area contributed by atoms with Crippen molar-refractivity contribution in [2.75, 3.05) is 44.8 Å². The summed E-state index contributed by atoms with van der Waals surface area (Å²) in [6.07, 6.45) is 4.17. The van der Waals surface area contributed by atoms with Crippen LogP contribution in [0.5, 0.6) is 11.5 Å². The normalized spacial score (nSPS) is 20.5. The Hall–Kier alpha value is -3.16. The van der Waals surface area contributed by atoms with E-state index in [1.54, 1.807) is 6.07 Å². The van der Waals surface area contributed by atoms with Crippen molar-refractivity contribution < 1.29 is 23.4 Å². The zero-order valence-electron chi connectivity index (χ0n) is 21.4. The fourth-order valence-corrected chi connectivity index (χ4v) is 5.11. The molecule has 1 heterocycles. The summed E-state index contributed by atoms with van der Waals surface area (Å²) >= 11 is 0. The molecule has 3 aromatic rings. The van der Waals surface area contributed by atoms with Gasteiger partial charge in [-0.15, -0.1) is 0 Å². The summed E-state index contributed by atoms with van der Waals surface area (Å²) in [5, 5.41) is 4.74. The zero-order chi connectivity index (χ0) is 25.6. The van der Waals surface area contributed by atoms with Crippen molar-refractivity contribution in [2.24, 2.45) is 5.92 Å². The highest BCUT2D eigenvalue weighted by Crippen LogP contribution is 2.33. The third-order valence-corrected chi connectivity index (χ3v) is 7.30. The molecular formula is C30H35FN2O4. The summed E-state index contributed by atoms with van der Waals surface area (Å²) < 4.78 is 32.0. The molecule has 0 radical (unpaired) electrons. The van der Waals surface area contributed by atoms with Crippen LogP contribution < -0.4 is 14.8 Å². The summed E-state index contributed by atoms with van der Waals surface area (Å²) in [6, 6.07) is 15.7. The number of nitrogens with one attached hydrogen (secondary N) is 1. The molecule has 1 saturated carbocycles. The van der Waals surface area contributed by atoms with E-state index in [0.29, 0.717) is 24.0 Å².